The third-order valence-corrected chi connectivity index (χ3v) is 8.46. The van der Waals surface area contributed by atoms with Crippen molar-refractivity contribution in [3.63, 3.8) is 0 Å². The largest absolute Gasteiger partial charge is 0.507 e. The van der Waals surface area contributed by atoms with Gasteiger partial charge in [-0.05, 0) is 62.2 Å². The summed E-state index contributed by atoms with van der Waals surface area (Å²) in [6.45, 7) is 0. The summed E-state index contributed by atoms with van der Waals surface area (Å²) in [5.74, 6) is -9.91. The van der Waals surface area contributed by atoms with Gasteiger partial charge in [0.1, 0.15) is 11.6 Å². The Bertz CT molecular complexity index is 1430. The third-order valence-electron chi connectivity index (χ3n) is 8.46. The Hall–Kier alpha value is -3.96. The first-order valence-corrected chi connectivity index (χ1v) is 12.6. The fourth-order valence-corrected chi connectivity index (χ4v) is 6.69. The number of ketones is 4. The van der Waals surface area contributed by atoms with Crippen LogP contribution in [0.15, 0.2) is 30.5 Å². The van der Waals surface area contributed by atoms with Crippen molar-refractivity contribution in [3.05, 3.63) is 41.6 Å². The number of carbonyl (C=O) groups excluding carboxylic acids is 5. The van der Waals surface area contributed by atoms with Crippen molar-refractivity contribution in [2.75, 3.05) is 33.1 Å². The molecule has 11 heteroatoms. The minimum absolute atomic E-state index is 0.00317. The number of hydrogen-bond donors (Lipinski definition) is 3. The van der Waals surface area contributed by atoms with Gasteiger partial charge in [-0.2, -0.15) is 0 Å². The van der Waals surface area contributed by atoms with Crippen LogP contribution in [0.25, 0.3) is 11.1 Å². The Labute approximate surface area is 224 Å². The standard InChI is InChI=1S/C28H30N4O7/c1-31(2)18-8-5-12(11-30-18)14-6-7-17(33)20-15(14)9-13-10-16-22(32(3)4)24(35)21(27(29)38)26(37)28(16,39)25(36)19(13)23(20)34/h5-8,11,13,16,19,21-22,33,39H,9-10H2,1-4H3,(H2,29,38)/t13-,16-,19?,21?,22-,28-/m0/s1. The van der Waals surface area contributed by atoms with Crippen LogP contribution in [0.2, 0.25) is 0 Å². The first kappa shape index (κ1) is 26.6. The summed E-state index contributed by atoms with van der Waals surface area (Å²) in [7, 11) is 6.82. The number of pyridine rings is 1. The predicted octanol–water partition coefficient (Wildman–Crippen LogP) is -0.00500. The van der Waals surface area contributed by atoms with Crippen molar-refractivity contribution in [2.24, 2.45) is 29.4 Å². The van der Waals surface area contributed by atoms with E-state index in [0.29, 0.717) is 16.7 Å². The summed E-state index contributed by atoms with van der Waals surface area (Å²) in [6, 6.07) is 5.58. The van der Waals surface area contributed by atoms with Gasteiger partial charge in [-0.1, -0.05) is 6.07 Å². The Morgan fingerprint density at radius 2 is 1.74 bits per heavy atom. The Morgan fingerprint density at radius 3 is 2.31 bits per heavy atom. The number of phenolic OH excluding ortho intramolecular Hbond substituents is 1. The lowest BCUT2D eigenvalue weighted by molar-refractivity contribution is -0.181. The molecule has 1 aromatic heterocycles. The Morgan fingerprint density at radius 1 is 1.05 bits per heavy atom. The number of nitrogens with two attached hydrogens (primary N) is 1. The van der Waals surface area contributed by atoms with Crippen LogP contribution in [-0.4, -0.2) is 89.0 Å². The van der Waals surface area contributed by atoms with E-state index in [1.165, 1.54) is 11.0 Å². The SMILES string of the molecule is CN(C)c1ccc(-c2ccc(O)c3c2C[C@H]2C[C@H]4[C@H](N(C)C)C(=O)C(C(N)=O)C(=O)[C@@]4(O)C(=O)C2C3=O)cn1. The molecule has 0 bridgehead atoms. The van der Waals surface area contributed by atoms with Crippen LogP contribution in [0.4, 0.5) is 5.82 Å². The molecule has 2 fully saturated rings. The molecule has 0 aliphatic heterocycles. The third kappa shape index (κ3) is 3.71. The molecular weight excluding hydrogens is 504 g/mol. The summed E-state index contributed by atoms with van der Waals surface area (Å²) >= 11 is 0. The average Bonchev–Trinajstić information content (AvgIpc) is 2.86. The lowest BCUT2D eigenvalue weighted by atomic mass is 9.52. The van der Waals surface area contributed by atoms with E-state index < -0.39 is 64.4 Å². The number of hydrogen-bond acceptors (Lipinski definition) is 10. The zero-order valence-electron chi connectivity index (χ0n) is 22.0. The number of aromatic nitrogens is 1. The highest BCUT2D eigenvalue weighted by Gasteiger charge is 2.69. The van der Waals surface area contributed by atoms with Gasteiger partial charge < -0.3 is 20.8 Å². The quantitative estimate of drug-likeness (QED) is 0.453. The topological polar surface area (TPSA) is 171 Å². The van der Waals surface area contributed by atoms with E-state index in [-0.39, 0.29) is 24.2 Å². The molecule has 2 saturated carbocycles. The molecule has 5 rings (SSSR count). The van der Waals surface area contributed by atoms with Gasteiger partial charge in [0, 0.05) is 31.8 Å². The smallest absolute Gasteiger partial charge is 0.235 e. The maximum Gasteiger partial charge on any atom is 0.235 e. The second-order valence-electron chi connectivity index (χ2n) is 11.1. The molecule has 11 nitrogen and oxygen atoms in total. The van der Waals surface area contributed by atoms with Crippen LogP contribution >= 0.6 is 0 Å². The summed E-state index contributed by atoms with van der Waals surface area (Å²) in [5.41, 5.74) is 4.46. The molecule has 2 unspecified atom stereocenters. The van der Waals surface area contributed by atoms with Gasteiger partial charge in [-0.3, -0.25) is 28.9 Å². The first-order valence-electron chi connectivity index (χ1n) is 12.6. The van der Waals surface area contributed by atoms with Crippen LogP contribution in [0, 0.1) is 23.7 Å². The van der Waals surface area contributed by atoms with Gasteiger partial charge in [0.05, 0.1) is 17.5 Å². The van der Waals surface area contributed by atoms with E-state index in [1.54, 1.807) is 26.4 Å². The molecule has 3 aliphatic carbocycles. The van der Waals surface area contributed by atoms with Crippen molar-refractivity contribution in [2.45, 2.75) is 24.5 Å². The van der Waals surface area contributed by atoms with Gasteiger partial charge in [0.25, 0.3) is 0 Å². The minimum atomic E-state index is -2.74. The van der Waals surface area contributed by atoms with Gasteiger partial charge in [0.2, 0.25) is 5.91 Å². The summed E-state index contributed by atoms with van der Waals surface area (Å²) in [5, 5.41) is 22.4. The normalized spacial score (nSPS) is 30.1. The van der Waals surface area contributed by atoms with Crippen LogP contribution < -0.4 is 10.6 Å². The fourth-order valence-electron chi connectivity index (χ4n) is 6.69. The first-order chi connectivity index (χ1) is 18.3. The van der Waals surface area contributed by atoms with Gasteiger partial charge in [0.15, 0.2) is 34.7 Å². The molecule has 0 radical (unpaired) electrons. The average molecular weight is 535 g/mol. The highest BCUT2D eigenvalue weighted by Crippen LogP contribution is 2.51. The van der Waals surface area contributed by atoms with Crippen LogP contribution in [-0.2, 0) is 25.6 Å². The van der Waals surface area contributed by atoms with Crippen molar-refractivity contribution >= 4 is 34.9 Å². The summed E-state index contributed by atoms with van der Waals surface area (Å²) < 4.78 is 0. The summed E-state index contributed by atoms with van der Waals surface area (Å²) in [4.78, 5) is 74.1. The monoisotopic (exact) mass is 534 g/mol. The number of phenols is 1. The highest BCUT2D eigenvalue weighted by atomic mass is 16.3. The number of amides is 1. The maximum atomic E-state index is 13.9. The number of anilines is 1. The van der Waals surface area contributed by atoms with Gasteiger partial charge >= 0.3 is 0 Å². The number of carbonyl (C=O) groups is 5. The number of benzene rings is 1. The second-order valence-corrected chi connectivity index (χ2v) is 11.1. The van der Waals surface area contributed by atoms with E-state index in [0.717, 1.165) is 5.82 Å². The fraction of sp³-hybridized carbons (Fsp3) is 0.429. The molecule has 4 N–H and O–H groups in total. The molecule has 0 spiro atoms. The van der Waals surface area contributed by atoms with Crippen molar-refractivity contribution in [3.8, 4) is 16.9 Å². The number of likely N-dealkylation sites (N-methyl/N-ethyl adjacent to an activating group) is 1. The minimum Gasteiger partial charge on any atom is -0.507 e. The molecule has 6 atom stereocenters. The number of Topliss-reactive ketones (excluding diaryl/α,β-unsaturated/α-hetero) is 4. The van der Waals surface area contributed by atoms with Crippen molar-refractivity contribution in [1.82, 2.24) is 9.88 Å². The molecule has 1 aromatic carbocycles. The van der Waals surface area contributed by atoms with E-state index in [2.05, 4.69) is 4.98 Å². The van der Waals surface area contributed by atoms with E-state index >= 15 is 0 Å². The number of rotatable bonds is 4. The second kappa shape index (κ2) is 9.06. The molecule has 0 saturated heterocycles. The molecular formula is C28H30N4O7. The van der Waals surface area contributed by atoms with Crippen LogP contribution in [0.5, 0.6) is 5.75 Å². The molecule has 3 aliphatic rings. The van der Waals surface area contributed by atoms with Crippen molar-refractivity contribution in [1.29, 1.82) is 0 Å². The van der Waals surface area contributed by atoms with Gasteiger partial charge in [-0.25, -0.2) is 4.98 Å². The zero-order chi connectivity index (χ0) is 28.5. The van der Waals surface area contributed by atoms with E-state index in [4.69, 9.17) is 5.73 Å². The number of primary amides is 1. The Kier molecular flexibility index (Phi) is 6.19. The van der Waals surface area contributed by atoms with E-state index in [1.807, 2.05) is 31.1 Å². The molecule has 204 valence electrons. The lowest BCUT2D eigenvalue weighted by Crippen LogP contribution is -2.74. The molecule has 39 heavy (non-hydrogen) atoms. The molecule has 1 heterocycles. The molecule has 2 aromatic rings. The Balaban J connectivity index is 1.63. The zero-order valence-corrected chi connectivity index (χ0v) is 22.0. The van der Waals surface area contributed by atoms with Crippen LogP contribution in [0.3, 0.4) is 0 Å². The number of fused-ring (bicyclic) bond motifs is 3. The molecule has 1 amide bonds. The number of aliphatic hydroxyl groups is 1. The number of aromatic hydroxyl groups is 1. The predicted molar refractivity (Wildman–Crippen MR) is 139 cm³/mol. The lowest BCUT2D eigenvalue weighted by Gasteiger charge is -2.52. The van der Waals surface area contributed by atoms with Gasteiger partial charge in [-0.15, -0.1) is 0 Å². The van der Waals surface area contributed by atoms with Crippen LogP contribution in [0.1, 0.15) is 22.3 Å². The summed E-state index contributed by atoms with van der Waals surface area (Å²) in [6.07, 6.45) is 1.84. The van der Waals surface area contributed by atoms with Crippen molar-refractivity contribution < 1.29 is 34.2 Å². The number of nitrogens with zero attached hydrogens (tertiary/aromatic N) is 3. The maximum absolute atomic E-state index is 13.9. The van der Waals surface area contributed by atoms with E-state index in [9.17, 15) is 34.2 Å². The highest BCUT2D eigenvalue weighted by molar-refractivity contribution is 6.32.